The van der Waals surface area contributed by atoms with Crippen LogP contribution in [0, 0.1) is 0 Å². The Morgan fingerprint density at radius 1 is 1.07 bits per heavy atom. The molecule has 0 bridgehead atoms. The number of hydrogen-bond donors (Lipinski definition) is 2. The van der Waals surface area contributed by atoms with Gasteiger partial charge in [0, 0.05) is 38.1 Å². The monoisotopic (exact) mass is 644 g/mol. The third-order valence-corrected chi connectivity index (χ3v) is 8.38. The maximum absolute atomic E-state index is 14.3. The van der Waals surface area contributed by atoms with Gasteiger partial charge in [0.05, 0.1) is 12.6 Å². The van der Waals surface area contributed by atoms with E-state index >= 15 is 0 Å². The predicted molar refractivity (Wildman–Crippen MR) is 157 cm³/mol. The van der Waals surface area contributed by atoms with Gasteiger partial charge in [0.2, 0.25) is 11.8 Å². The van der Waals surface area contributed by atoms with Crippen LogP contribution in [0.1, 0.15) is 55.8 Å². The molecule has 2 amide bonds. The van der Waals surface area contributed by atoms with Crippen molar-refractivity contribution in [2.24, 2.45) is 0 Å². The maximum Gasteiger partial charge on any atom is 0.349 e. The Morgan fingerprint density at radius 3 is 2.55 bits per heavy atom. The number of halogens is 3. The molecule has 0 aliphatic carbocycles. The van der Waals surface area contributed by atoms with Gasteiger partial charge in [-0.15, -0.1) is 0 Å². The van der Waals surface area contributed by atoms with Gasteiger partial charge >= 0.3 is 5.97 Å². The summed E-state index contributed by atoms with van der Waals surface area (Å²) in [6.45, 7) is 5.14. The van der Waals surface area contributed by atoms with Crippen molar-refractivity contribution < 1.29 is 23.9 Å². The molecular formula is C30H27BrCl2N2O5. The number of piperidine rings is 1. The molecule has 2 aliphatic rings. The highest BCUT2D eigenvalue weighted by Crippen LogP contribution is 2.58. The lowest BCUT2D eigenvalue weighted by molar-refractivity contribution is -0.158. The SMILES string of the molecule is CCOC(=O)C(C)(C)Oc1ccc(Br)cc1C1NC(=O)CC(c2cccc(Cl)c2)C12C(=O)Nc1cc(Cl)ccc12. The highest BCUT2D eigenvalue weighted by molar-refractivity contribution is 9.10. The van der Waals surface area contributed by atoms with Gasteiger partial charge in [-0.05, 0) is 74.4 Å². The van der Waals surface area contributed by atoms with Gasteiger partial charge in [-0.2, -0.15) is 0 Å². The number of carbonyl (C=O) groups excluding carboxylic acids is 3. The summed E-state index contributed by atoms with van der Waals surface area (Å²) < 4.78 is 12.2. The van der Waals surface area contributed by atoms with Crippen molar-refractivity contribution in [2.75, 3.05) is 11.9 Å². The van der Waals surface area contributed by atoms with Crippen molar-refractivity contribution in [1.29, 1.82) is 0 Å². The number of hydrogen-bond acceptors (Lipinski definition) is 5. The number of nitrogens with one attached hydrogen (secondary N) is 2. The van der Waals surface area contributed by atoms with Gasteiger partial charge in [0.25, 0.3) is 0 Å². The Hall–Kier alpha value is -3.07. The minimum absolute atomic E-state index is 0.0465. The number of amides is 2. The second kappa shape index (κ2) is 10.7. The van der Waals surface area contributed by atoms with E-state index in [0.29, 0.717) is 37.1 Å². The molecule has 208 valence electrons. The van der Waals surface area contributed by atoms with Gasteiger partial charge < -0.3 is 20.1 Å². The van der Waals surface area contributed by atoms with E-state index in [2.05, 4.69) is 26.6 Å². The minimum Gasteiger partial charge on any atom is -0.476 e. The lowest BCUT2D eigenvalue weighted by Crippen LogP contribution is -2.57. The van der Waals surface area contributed by atoms with Crippen molar-refractivity contribution in [1.82, 2.24) is 5.32 Å². The number of fused-ring (bicyclic) bond motifs is 2. The van der Waals surface area contributed by atoms with Crippen LogP contribution >= 0.6 is 39.1 Å². The molecule has 3 aromatic carbocycles. The second-order valence-electron chi connectivity index (χ2n) is 10.3. The van der Waals surface area contributed by atoms with Crippen molar-refractivity contribution in [2.45, 2.75) is 50.2 Å². The van der Waals surface area contributed by atoms with Gasteiger partial charge in [0.1, 0.15) is 11.2 Å². The molecule has 1 saturated heterocycles. The molecule has 0 saturated carbocycles. The summed E-state index contributed by atoms with van der Waals surface area (Å²) in [4.78, 5) is 40.4. The van der Waals surface area contributed by atoms with Crippen molar-refractivity contribution in [3.8, 4) is 5.75 Å². The molecule has 3 aromatic rings. The Bertz CT molecular complexity index is 1530. The molecule has 10 heteroatoms. The first-order chi connectivity index (χ1) is 19.0. The van der Waals surface area contributed by atoms with Crippen LogP contribution in [0.3, 0.4) is 0 Å². The van der Waals surface area contributed by atoms with E-state index in [-0.39, 0.29) is 24.8 Å². The average molecular weight is 646 g/mol. The molecule has 2 N–H and O–H groups in total. The van der Waals surface area contributed by atoms with E-state index in [4.69, 9.17) is 32.7 Å². The third kappa shape index (κ3) is 4.86. The van der Waals surface area contributed by atoms with E-state index in [0.717, 1.165) is 5.56 Å². The summed E-state index contributed by atoms with van der Waals surface area (Å²) in [6.07, 6.45) is 0.0465. The van der Waals surface area contributed by atoms with E-state index in [1.54, 1.807) is 69.3 Å². The van der Waals surface area contributed by atoms with Crippen LogP contribution in [0.5, 0.6) is 5.75 Å². The normalized spacial score (nSPS) is 21.9. The summed E-state index contributed by atoms with van der Waals surface area (Å²) in [7, 11) is 0. The molecule has 40 heavy (non-hydrogen) atoms. The quantitative estimate of drug-likeness (QED) is 0.291. The van der Waals surface area contributed by atoms with Gasteiger partial charge in [-0.3, -0.25) is 9.59 Å². The molecule has 0 aromatic heterocycles. The topological polar surface area (TPSA) is 93.7 Å². The highest BCUT2D eigenvalue weighted by Gasteiger charge is 2.61. The molecular weight excluding hydrogens is 619 g/mol. The van der Waals surface area contributed by atoms with Crippen molar-refractivity contribution >= 4 is 62.6 Å². The Balaban J connectivity index is 1.76. The van der Waals surface area contributed by atoms with Crippen molar-refractivity contribution in [3.63, 3.8) is 0 Å². The molecule has 2 aliphatic heterocycles. The standard InChI is InChI=1S/C30H27BrCl2N2O5/c1-4-39-28(38)29(2,3)40-24-11-8-17(31)13-20(24)26-30(21-10-9-19(33)14-23(21)34-27(30)37)22(15-25(36)35-26)16-6-5-7-18(32)12-16/h5-14,22,26H,4,15H2,1-3H3,(H,34,37)(H,35,36). The summed E-state index contributed by atoms with van der Waals surface area (Å²) in [5, 5.41) is 7.06. The molecule has 3 atom stereocenters. The lowest BCUT2D eigenvalue weighted by atomic mass is 9.59. The van der Waals surface area contributed by atoms with Crippen LogP contribution in [0.15, 0.2) is 65.1 Å². The van der Waals surface area contributed by atoms with E-state index < -0.39 is 28.9 Å². The first-order valence-electron chi connectivity index (χ1n) is 12.8. The van der Waals surface area contributed by atoms with E-state index in [9.17, 15) is 14.4 Å². The average Bonchev–Trinajstić information content (AvgIpc) is 3.17. The fourth-order valence-corrected chi connectivity index (χ4v) is 6.48. The number of anilines is 1. The summed E-state index contributed by atoms with van der Waals surface area (Å²) in [5.74, 6) is -1.34. The molecule has 5 rings (SSSR count). The number of benzene rings is 3. The van der Waals surface area contributed by atoms with Gasteiger partial charge in [-0.1, -0.05) is 57.3 Å². The van der Waals surface area contributed by atoms with Crippen LogP contribution in [-0.4, -0.2) is 30.0 Å². The fraction of sp³-hybridized carbons (Fsp3) is 0.300. The molecule has 7 nitrogen and oxygen atoms in total. The smallest absolute Gasteiger partial charge is 0.349 e. The number of ether oxygens (including phenoxy) is 2. The highest BCUT2D eigenvalue weighted by atomic mass is 79.9. The van der Waals surface area contributed by atoms with Crippen LogP contribution in [0.2, 0.25) is 10.0 Å². The molecule has 0 radical (unpaired) electrons. The Labute approximate surface area is 250 Å². The molecule has 3 unspecified atom stereocenters. The third-order valence-electron chi connectivity index (χ3n) is 7.42. The van der Waals surface area contributed by atoms with E-state index in [1.807, 2.05) is 12.1 Å². The number of carbonyl (C=O) groups is 3. The predicted octanol–water partition coefficient (Wildman–Crippen LogP) is 6.71. The van der Waals surface area contributed by atoms with Gasteiger partial charge in [0.15, 0.2) is 5.60 Å². The number of rotatable bonds is 6. The molecule has 2 heterocycles. The second-order valence-corrected chi connectivity index (χ2v) is 12.1. The summed E-state index contributed by atoms with van der Waals surface area (Å²) in [6, 6.07) is 16.9. The van der Waals surface area contributed by atoms with Crippen LogP contribution in [0.25, 0.3) is 0 Å². The van der Waals surface area contributed by atoms with Crippen LogP contribution in [0.4, 0.5) is 5.69 Å². The van der Waals surface area contributed by atoms with Crippen LogP contribution < -0.4 is 15.4 Å². The lowest BCUT2D eigenvalue weighted by Gasteiger charge is -2.47. The number of esters is 1. The van der Waals surface area contributed by atoms with Crippen molar-refractivity contribution in [3.05, 3.63) is 91.9 Å². The zero-order valence-corrected chi connectivity index (χ0v) is 25.1. The van der Waals surface area contributed by atoms with Gasteiger partial charge in [-0.25, -0.2) is 4.79 Å². The maximum atomic E-state index is 14.3. The Morgan fingerprint density at radius 2 is 1.82 bits per heavy atom. The molecule has 1 fully saturated rings. The zero-order valence-electron chi connectivity index (χ0n) is 22.0. The summed E-state index contributed by atoms with van der Waals surface area (Å²) in [5.41, 5.74) is -0.132. The first-order valence-corrected chi connectivity index (χ1v) is 14.3. The summed E-state index contributed by atoms with van der Waals surface area (Å²) >= 11 is 16.2. The Kier molecular flexibility index (Phi) is 7.63. The fourth-order valence-electron chi connectivity index (χ4n) is 5.73. The first kappa shape index (κ1) is 28.5. The zero-order chi connectivity index (χ0) is 28.8. The largest absolute Gasteiger partial charge is 0.476 e. The van der Waals surface area contributed by atoms with E-state index in [1.165, 1.54) is 0 Å². The minimum atomic E-state index is -1.35. The molecule has 1 spiro atoms. The van der Waals surface area contributed by atoms with Crippen LogP contribution in [-0.2, 0) is 24.5 Å².